The molecule has 1 fully saturated rings. The van der Waals surface area contributed by atoms with Crippen molar-refractivity contribution in [1.29, 1.82) is 0 Å². The van der Waals surface area contributed by atoms with Crippen LogP contribution in [0.1, 0.15) is 29.6 Å². The summed E-state index contributed by atoms with van der Waals surface area (Å²) in [5.41, 5.74) is 4.83. The summed E-state index contributed by atoms with van der Waals surface area (Å²) in [6.07, 6.45) is 3.85. The number of hydrogen-bond donors (Lipinski definition) is 3. The van der Waals surface area contributed by atoms with Gasteiger partial charge < -0.3 is 20.2 Å². The number of rotatable bonds is 4. The van der Waals surface area contributed by atoms with Crippen LogP contribution < -0.4 is 5.32 Å². The first-order chi connectivity index (χ1) is 15.3. The van der Waals surface area contributed by atoms with Gasteiger partial charge in [0.25, 0.3) is 5.91 Å². The highest BCUT2D eigenvalue weighted by atomic mass is 16.1. The number of hydrogen-bond acceptors (Lipinski definition) is 2. The van der Waals surface area contributed by atoms with Crippen molar-refractivity contribution in [3.8, 4) is 0 Å². The average molecular weight is 411 g/mol. The average Bonchev–Trinajstić information content (AvgIpc) is 3.37. The maximum atomic E-state index is 13.3. The molecule has 0 atom stereocenters. The Morgan fingerprint density at radius 3 is 2.32 bits per heavy atom. The number of carbonyl (C=O) groups excluding carboxylic acids is 1. The number of aromatic nitrogens is 2. The Kier molecular flexibility index (Phi) is 4.42. The molecular weight excluding hydrogens is 384 g/mol. The number of amides is 1. The van der Waals surface area contributed by atoms with Gasteiger partial charge in [-0.25, -0.2) is 0 Å². The minimum Gasteiger partial charge on any atom is -0.354 e. The lowest BCUT2D eigenvalue weighted by atomic mass is 10.0. The quantitative estimate of drug-likeness (QED) is 0.383. The fraction of sp³-hybridized carbons (Fsp3) is 0.269. The molecule has 0 saturated carbocycles. The Balaban J connectivity index is 1.46. The first-order valence-electron chi connectivity index (χ1n) is 11.2. The number of para-hydroxylation sites is 2. The topological polar surface area (TPSA) is 63.9 Å². The zero-order valence-electron chi connectivity index (χ0n) is 17.5. The van der Waals surface area contributed by atoms with Gasteiger partial charge in [0.2, 0.25) is 0 Å². The summed E-state index contributed by atoms with van der Waals surface area (Å²) < 4.78 is 0. The van der Waals surface area contributed by atoms with Gasteiger partial charge in [-0.15, -0.1) is 0 Å². The lowest BCUT2D eigenvalue weighted by molar-refractivity contribution is 0.0948. The molecule has 1 aliphatic rings. The molecule has 5 heteroatoms. The molecule has 0 radical (unpaired) electrons. The highest BCUT2D eigenvalue weighted by Crippen LogP contribution is 2.37. The van der Waals surface area contributed by atoms with Gasteiger partial charge in [-0.2, -0.15) is 0 Å². The molecule has 5 aromatic rings. The van der Waals surface area contributed by atoms with Gasteiger partial charge in [0.1, 0.15) is 0 Å². The third-order valence-electron chi connectivity index (χ3n) is 6.67. The zero-order valence-corrected chi connectivity index (χ0v) is 17.5. The summed E-state index contributed by atoms with van der Waals surface area (Å²) >= 11 is 0. The van der Waals surface area contributed by atoms with Crippen molar-refractivity contribution in [2.45, 2.75) is 19.3 Å². The highest BCUT2D eigenvalue weighted by Gasteiger charge is 2.20. The predicted molar refractivity (Wildman–Crippen MR) is 128 cm³/mol. The first kappa shape index (κ1) is 18.5. The molecule has 6 rings (SSSR count). The van der Waals surface area contributed by atoms with Crippen LogP contribution in [0.25, 0.3) is 43.6 Å². The fourth-order valence-corrected chi connectivity index (χ4v) is 5.12. The van der Waals surface area contributed by atoms with Crippen LogP contribution in [-0.4, -0.2) is 47.0 Å². The molecule has 3 heterocycles. The van der Waals surface area contributed by atoms with Crippen LogP contribution >= 0.6 is 0 Å². The van der Waals surface area contributed by atoms with Gasteiger partial charge in [0, 0.05) is 45.7 Å². The third kappa shape index (κ3) is 3.08. The number of aromatic amines is 2. The number of carbonyl (C=O) groups is 1. The van der Waals surface area contributed by atoms with E-state index < -0.39 is 0 Å². The molecular formula is C26H26N4O. The SMILES string of the molecule is O=C(NCCN1CCCCC1)c1cc2c3ccccc3[nH]c2c2c1[nH]c1ccccc12. The minimum atomic E-state index is -0.0132. The molecule has 156 valence electrons. The maximum Gasteiger partial charge on any atom is 0.253 e. The Morgan fingerprint density at radius 1 is 0.839 bits per heavy atom. The predicted octanol–water partition coefficient (Wildman–Crippen LogP) is 5.17. The maximum absolute atomic E-state index is 13.3. The number of H-pyrrole nitrogens is 2. The van der Waals surface area contributed by atoms with Gasteiger partial charge in [-0.3, -0.25) is 4.79 Å². The van der Waals surface area contributed by atoms with Crippen molar-refractivity contribution in [3.05, 3.63) is 60.2 Å². The van der Waals surface area contributed by atoms with Crippen molar-refractivity contribution < 1.29 is 4.79 Å². The summed E-state index contributed by atoms with van der Waals surface area (Å²) in [5, 5.41) is 7.64. The van der Waals surface area contributed by atoms with Crippen molar-refractivity contribution in [2.75, 3.05) is 26.2 Å². The summed E-state index contributed by atoms with van der Waals surface area (Å²) in [6, 6.07) is 18.6. The lowest BCUT2D eigenvalue weighted by Gasteiger charge is -2.26. The Hall–Kier alpha value is -3.31. The Morgan fingerprint density at radius 2 is 1.52 bits per heavy atom. The second kappa shape index (κ2) is 7.43. The number of nitrogens with one attached hydrogen (secondary N) is 3. The van der Waals surface area contributed by atoms with E-state index in [4.69, 9.17) is 0 Å². The van der Waals surface area contributed by atoms with E-state index in [1.165, 1.54) is 19.3 Å². The fourth-order valence-electron chi connectivity index (χ4n) is 5.12. The van der Waals surface area contributed by atoms with Gasteiger partial charge in [-0.1, -0.05) is 42.8 Å². The molecule has 1 saturated heterocycles. The normalized spacial score (nSPS) is 15.4. The number of piperidine rings is 1. The Bertz CT molecular complexity index is 1420. The van der Waals surface area contributed by atoms with Crippen LogP contribution in [0.15, 0.2) is 54.6 Å². The summed E-state index contributed by atoms with van der Waals surface area (Å²) in [4.78, 5) is 22.9. The van der Waals surface area contributed by atoms with E-state index in [-0.39, 0.29) is 5.91 Å². The number of benzene rings is 3. The van der Waals surface area contributed by atoms with E-state index in [1.807, 2.05) is 24.3 Å². The molecule has 31 heavy (non-hydrogen) atoms. The number of fused-ring (bicyclic) bond motifs is 7. The first-order valence-corrected chi connectivity index (χ1v) is 11.2. The smallest absolute Gasteiger partial charge is 0.253 e. The van der Waals surface area contributed by atoms with Crippen molar-refractivity contribution in [3.63, 3.8) is 0 Å². The summed E-state index contributed by atoms with van der Waals surface area (Å²) in [6.45, 7) is 3.87. The number of nitrogens with zero attached hydrogens (tertiary/aromatic N) is 1. The second-order valence-electron chi connectivity index (χ2n) is 8.60. The van der Waals surface area contributed by atoms with Crippen LogP contribution in [0, 0.1) is 0 Å². The monoisotopic (exact) mass is 410 g/mol. The van der Waals surface area contributed by atoms with Gasteiger partial charge in [0.05, 0.1) is 16.6 Å². The minimum absolute atomic E-state index is 0.0132. The molecule has 3 aromatic carbocycles. The summed E-state index contributed by atoms with van der Waals surface area (Å²) in [7, 11) is 0. The van der Waals surface area contributed by atoms with Gasteiger partial charge >= 0.3 is 0 Å². The van der Waals surface area contributed by atoms with E-state index in [2.05, 4.69) is 50.5 Å². The molecule has 0 spiro atoms. The lowest BCUT2D eigenvalue weighted by Crippen LogP contribution is -2.37. The van der Waals surface area contributed by atoms with Crippen LogP contribution in [0.2, 0.25) is 0 Å². The van der Waals surface area contributed by atoms with Gasteiger partial charge in [-0.05, 0) is 44.1 Å². The van der Waals surface area contributed by atoms with Crippen molar-refractivity contribution >= 4 is 49.5 Å². The number of likely N-dealkylation sites (tertiary alicyclic amines) is 1. The Labute approximate surface area is 180 Å². The largest absolute Gasteiger partial charge is 0.354 e. The van der Waals surface area contributed by atoms with E-state index in [0.29, 0.717) is 12.1 Å². The van der Waals surface area contributed by atoms with E-state index in [9.17, 15) is 4.79 Å². The molecule has 2 aromatic heterocycles. The van der Waals surface area contributed by atoms with E-state index >= 15 is 0 Å². The molecule has 1 amide bonds. The third-order valence-corrected chi connectivity index (χ3v) is 6.67. The second-order valence-corrected chi connectivity index (χ2v) is 8.60. The van der Waals surface area contributed by atoms with Crippen LogP contribution in [-0.2, 0) is 0 Å². The van der Waals surface area contributed by atoms with E-state index in [0.717, 1.165) is 63.2 Å². The highest BCUT2D eigenvalue weighted by molar-refractivity contribution is 6.28. The molecule has 0 aliphatic carbocycles. The van der Waals surface area contributed by atoms with Gasteiger partial charge in [0.15, 0.2) is 0 Å². The van der Waals surface area contributed by atoms with Crippen molar-refractivity contribution in [1.82, 2.24) is 20.2 Å². The van der Waals surface area contributed by atoms with Crippen molar-refractivity contribution in [2.24, 2.45) is 0 Å². The van der Waals surface area contributed by atoms with Crippen LogP contribution in [0.4, 0.5) is 0 Å². The molecule has 0 unspecified atom stereocenters. The zero-order chi connectivity index (χ0) is 20.8. The van der Waals surface area contributed by atoms with Crippen LogP contribution in [0.3, 0.4) is 0 Å². The molecule has 1 aliphatic heterocycles. The molecule has 0 bridgehead atoms. The molecule has 5 nitrogen and oxygen atoms in total. The van der Waals surface area contributed by atoms with Crippen LogP contribution in [0.5, 0.6) is 0 Å². The summed E-state index contributed by atoms with van der Waals surface area (Å²) in [5.74, 6) is -0.0132. The standard InChI is InChI=1S/C26H26N4O/c31-26(27-12-15-30-13-6-1-7-14-30)20-16-19-17-8-2-4-10-21(17)28-24(19)23-18-9-3-5-11-22(18)29-25(20)23/h2-5,8-11,16,28-29H,1,6-7,12-15H2,(H,27,31). The molecule has 3 N–H and O–H groups in total. The van der Waals surface area contributed by atoms with E-state index in [1.54, 1.807) is 0 Å².